The molecule has 0 unspecified atom stereocenters. The zero-order chi connectivity index (χ0) is 12.5. The van der Waals surface area contributed by atoms with Crippen LogP contribution < -0.4 is 5.32 Å². The molecule has 1 fully saturated rings. The molecule has 0 spiro atoms. The van der Waals surface area contributed by atoms with E-state index < -0.39 is 4.92 Å². The van der Waals surface area contributed by atoms with Crippen molar-refractivity contribution in [3.63, 3.8) is 0 Å². The second kappa shape index (κ2) is 4.44. The minimum Gasteiger partial charge on any atom is -0.346 e. The molecule has 0 aliphatic heterocycles. The van der Waals surface area contributed by atoms with Gasteiger partial charge in [0.25, 0.3) is 11.6 Å². The Morgan fingerprint density at radius 2 is 2.00 bits per heavy atom. The molecule has 0 heterocycles. The van der Waals surface area contributed by atoms with Crippen molar-refractivity contribution in [1.82, 2.24) is 5.32 Å². The van der Waals surface area contributed by atoms with Crippen LogP contribution in [0.2, 0.25) is 0 Å². The summed E-state index contributed by atoms with van der Waals surface area (Å²) in [7, 11) is 0. The zero-order valence-corrected chi connectivity index (χ0v) is 10.6. The molecule has 1 aliphatic carbocycles. The van der Waals surface area contributed by atoms with E-state index in [4.69, 9.17) is 0 Å². The van der Waals surface area contributed by atoms with Crippen molar-refractivity contribution >= 4 is 27.5 Å². The van der Waals surface area contributed by atoms with Crippen molar-refractivity contribution in [3.05, 3.63) is 39.9 Å². The van der Waals surface area contributed by atoms with E-state index in [1.165, 1.54) is 24.3 Å². The van der Waals surface area contributed by atoms with Gasteiger partial charge < -0.3 is 5.32 Å². The van der Waals surface area contributed by atoms with Gasteiger partial charge in [0.2, 0.25) is 0 Å². The number of non-ortho nitro benzene ring substituents is 1. The highest BCUT2D eigenvalue weighted by atomic mass is 79.9. The maximum atomic E-state index is 11.8. The fourth-order valence-corrected chi connectivity index (χ4v) is 2.19. The number of nitrogens with one attached hydrogen (secondary N) is 1. The van der Waals surface area contributed by atoms with Crippen LogP contribution in [-0.4, -0.2) is 21.7 Å². The van der Waals surface area contributed by atoms with Gasteiger partial charge in [-0.25, -0.2) is 0 Å². The molecule has 1 amide bonds. The molecule has 0 radical (unpaired) electrons. The predicted molar refractivity (Wildman–Crippen MR) is 66.3 cm³/mol. The number of benzene rings is 1. The number of carbonyl (C=O) groups excluding carboxylic acids is 1. The third-order valence-corrected chi connectivity index (χ3v) is 3.90. The summed E-state index contributed by atoms with van der Waals surface area (Å²) in [5, 5.41) is 14.1. The predicted octanol–water partition coefficient (Wildman–Crippen LogP) is 2.25. The van der Waals surface area contributed by atoms with Crippen molar-refractivity contribution in [1.29, 1.82) is 0 Å². The standard InChI is InChI=1S/C11H11BrN2O3/c12-7-11(5-6-11)13-10(15)8-1-3-9(4-2-8)14(16)17/h1-4H,5-7H2,(H,13,15). The van der Waals surface area contributed by atoms with Gasteiger partial charge in [0.05, 0.1) is 10.5 Å². The highest BCUT2D eigenvalue weighted by Gasteiger charge is 2.42. The molecular weight excluding hydrogens is 288 g/mol. The maximum Gasteiger partial charge on any atom is 0.269 e. The van der Waals surface area contributed by atoms with Gasteiger partial charge in [-0.15, -0.1) is 0 Å². The molecule has 0 atom stereocenters. The molecule has 17 heavy (non-hydrogen) atoms. The first-order valence-electron chi connectivity index (χ1n) is 5.19. The molecule has 0 saturated heterocycles. The Kier molecular flexibility index (Phi) is 3.15. The number of nitro groups is 1. The van der Waals surface area contributed by atoms with Crippen LogP contribution in [0.3, 0.4) is 0 Å². The molecular formula is C11H11BrN2O3. The molecule has 6 heteroatoms. The molecule has 90 valence electrons. The summed E-state index contributed by atoms with van der Waals surface area (Å²) in [6.45, 7) is 0. The van der Waals surface area contributed by atoms with Crippen molar-refractivity contribution < 1.29 is 9.72 Å². The fraction of sp³-hybridized carbons (Fsp3) is 0.364. The first-order valence-corrected chi connectivity index (χ1v) is 6.31. The van der Waals surface area contributed by atoms with Gasteiger partial charge in [0.15, 0.2) is 0 Å². The summed E-state index contributed by atoms with van der Waals surface area (Å²) >= 11 is 3.36. The van der Waals surface area contributed by atoms with Gasteiger partial charge in [0, 0.05) is 23.0 Å². The average Bonchev–Trinajstić information content (AvgIpc) is 3.09. The van der Waals surface area contributed by atoms with Crippen LogP contribution in [0, 0.1) is 10.1 Å². The zero-order valence-electron chi connectivity index (χ0n) is 8.98. The molecule has 0 aromatic heterocycles. The summed E-state index contributed by atoms with van der Waals surface area (Å²) in [6, 6.07) is 5.61. The number of alkyl halides is 1. The molecule has 1 aromatic carbocycles. The summed E-state index contributed by atoms with van der Waals surface area (Å²) in [6.07, 6.45) is 1.94. The van der Waals surface area contributed by atoms with E-state index in [1.807, 2.05) is 0 Å². The lowest BCUT2D eigenvalue weighted by atomic mass is 10.2. The number of nitrogens with zero attached hydrogens (tertiary/aromatic N) is 1. The lowest BCUT2D eigenvalue weighted by Gasteiger charge is -2.13. The number of carbonyl (C=O) groups is 1. The summed E-state index contributed by atoms with van der Waals surface area (Å²) in [4.78, 5) is 21.8. The quantitative estimate of drug-likeness (QED) is 0.526. The second-order valence-corrected chi connectivity index (χ2v) is 4.73. The van der Waals surface area contributed by atoms with Crippen molar-refractivity contribution in [2.45, 2.75) is 18.4 Å². The summed E-state index contributed by atoms with van der Waals surface area (Å²) < 4.78 is 0. The Morgan fingerprint density at radius 1 is 1.41 bits per heavy atom. The first kappa shape index (κ1) is 12.0. The molecule has 2 rings (SSSR count). The highest BCUT2D eigenvalue weighted by molar-refractivity contribution is 9.09. The van der Waals surface area contributed by atoms with Crippen LogP contribution in [0.4, 0.5) is 5.69 Å². The molecule has 1 saturated carbocycles. The van der Waals surface area contributed by atoms with Gasteiger partial charge in [-0.05, 0) is 25.0 Å². The summed E-state index contributed by atoms with van der Waals surface area (Å²) in [5.41, 5.74) is 0.324. The number of hydrogen-bond acceptors (Lipinski definition) is 3. The number of hydrogen-bond donors (Lipinski definition) is 1. The number of nitro benzene ring substituents is 1. The van der Waals surface area contributed by atoms with E-state index in [2.05, 4.69) is 21.2 Å². The van der Waals surface area contributed by atoms with Gasteiger partial charge >= 0.3 is 0 Å². The van der Waals surface area contributed by atoms with Crippen LogP contribution in [-0.2, 0) is 0 Å². The minimum absolute atomic E-state index is 0.0109. The third kappa shape index (κ3) is 2.63. The second-order valence-electron chi connectivity index (χ2n) is 4.17. The maximum absolute atomic E-state index is 11.8. The van der Waals surface area contributed by atoms with Crippen molar-refractivity contribution in [3.8, 4) is 0 Å². The van der Waals surface area contributed by atoms with Gasteiger partial charge in [-0.1, -0.05) is 15.9 Å². The molecule has 1 aromatic rings. The normalized spacial score (nSPS) is 16.3. The number of rotatable bonds is 4. The first-order chi connectivity index (χ1) is 8.06. The largest absolute Gasteiger partial charge is 0.346 e. The van der Waals surface area contributed by atoms with E-state index in [9.17, 15) is 14.9 Å². The Balaban J connectivity index is 2.07. The fourth-order valence-electron chi connectivity index (χ4n) is 1.49. The van der Waals surface area contributed by atoms with E-state index in [0.29, 0.717) is 5.56 Å². The van der Waals surface area contributed by atoms with E-state index in [1.54, 1.807) is 0 Å². The van der Waals surface area contributed by atoms with Crippen molar-refractivity contribution in [2.24, 2.45) is 0 Å². The van der Waals surface area contributed by atoms with E-state index >= 15 is 0 Å². The molecule has 1 aliphatic rings. The van der Waals surface area contributed by atoms with Crippen LogP contribution >= 0.6 is 15.9 Å². The van der Waals surface area contributed by atoms with Crippen LogP contribution in [0.15, 0.2) is 24.3 Å². The number of amides is 1. The monoisotopic (exact) mass is 298 g/mol. The van der Waals surface area contributed by atoms with E-state index in [0.717, 1.165) is 18.2 Å². The van der Waals surface area contributed by atoms with Crippen LogP contribution in [0.5, 0.6) is 0 Å². The van der Waals surface area contributed by atoms with Crippen LogP contribution in [0.25, 0.3) is 0 Å². The number of halogens is 1. The average molecular weight is 299 g/mol. The lowest BCUT2D eigenvalue weighted by molar-refractivity contribution is -0.384. The Hall–Kier alpha value is -1.43. The molecule has 5 nitrogen and oxygen atoms in total. The van der Waals surface area contributed by atoms with E-state index in [-0.39, 0.29) is 17.1 Å². The van der Waals surface area contributed by atoms with Gasteiger partial charge in [-0.2, -0.15) is 0 Å². The highest BCUT2D eigenvalue weighted by Crippen LogP contribution is 2.37. The molecule has 0 bridgehead atoms. The van der Waals surface area contributed by atoms with Gasteiger partial charge in [-0.3, -0.25) is 14.9 Å². The minimum atomic E-state index is -0.484. The third-order valence-electron chi connectivity index (χ3n) is 2.83. The molecule has 1 N–H and O–H groups in total. The van der Waals surface area contributed by atoms with Gasteiger partial charge in [0.1, 0.15) is 0 Å². The lowest BCUT2D eigenvalue weighted by Crippen LogP contribution is -2.38. The van der Waals surface area contributed by atoms with Crippen LogP contribution in [0.1, 0.15) is 23.2 Å². The van der Waals surface area contributed by atoms with Crippen molar-refractivity contribution in [2.75, 3.05) is 5.33 Å². The Morgan fingerprint density at radius 3 is 2.41 bits per heavy atom. The smallest absolute Gasteiger partial charge is 0.269 e. The summed E-state index contributed by atoms with van der Waals surface area (Å²) in [5.74, 6) is -0.183. The topological polar surface area (TPSA) is 72.2 Å². The Bertz CT molecular complexity index is 454. The Labute approximate surface area is 106 Å². The SMILES string of the molecule is O=C(NC1(CBr)CC1)c1ccc([N+](=O)[O-])cc1.